The largest absolute Gasteiger partial charge is 0.496 e. The number of para-hydroxylation sites is 1. The predicted octanol–water partition coefficient (Wildman–Crippen LogP) is 1.92. The van der Waals surface area contributed by atoms with Gasteiger partial charge >= 0.3 is 0 Å². The molecule has 5 heteroatoms. The van der Waals surface area contributed by atoms with E-state index in [9.17, 15) is 0 Å². The maximum atomic E-state index is 8.53. The first-order chi connectivity index (χ1) is 7.19. The van der Waals surface area contributed by atoms with Crippen molar-refractivity contribution in [2.24, 2.45) is 10.9 Å². The summed E-state index contributed by atoms with van der Waals surface area (Å²) >= 11 is 1.49. The fraction of sp³-hybridized carbons (Fsp3) is 0.300. The number of nitrogens with zero attached hydrogens (tertiary/aromatic N) is 1. The van der Waals surface area contributed by atoms with Crippen molar-refractivity contribution >= 4 is 17.6 Å². The molecule has 1 rings (SSSR count). The highest BCUT2D eigenvalue weighted by Gasteiger charge is 2.12. The number of hydrogen-bond donors (Lipinski definition) is 2. The van der Waals surface area contributed by atoms with Gasteiger partial charge in [-0.3, -0.25) is 0 Å². The third kappa shape index (κ3) is 3.06. The number of thioether (sulfide) groups is 1. The molecular weight excluding hydrogens is 212 g/mol. The summed E-state index contributed by atoms with van der Waals surface area (Å²) in [5, 5.41) is 11.4. The van der Waals surface area contributed by atoms with Gasteiger partial charge in [-0.1, -0.05) is 17.3 Å². The van der Waals surface area contributed by atoms with Crippen molar-refractivity contribution in [3.63, 3.8) is 0 Å². The van der Waals surface area contributed by atoms with Crippen LogP contribution in [0.2, 0.25) is 0 Å². The van der Waals surface area contributed by atoms with Crippen LogP contribution in [0.25, 0.3) is 0 Å². The molecule has 0 aliphatic heterocycles. The Hall–Kier alpha value is -1.36. The van der Waals surface area contributed by atoms with E-state index in [4.69, 9.17) is 15.7 Å². The van der Waals surface area contributed by atoms with Crippen LogP contribution >= 0.6 is 11.8 Å². The molecule has 0 aliphatic carbocycles. The molecule has 1 atom stereocenters. The lowest BCUT2D eigenvalue weighted by Gasteiger charge is -2.11. The maximum absolute atomic E-state index is 8.53. The molecule has 1 aromatic carbocycles. The van der Waals surface area contributed by atoms with Crippen LogP contribution in [-0.2, 0) is 0 Å². The zero-order chi connectivity index (χ0) is 11.3. The minimum atomic E-state index is -0.0914. The first-order valence-electron chi connectivity index (χ1n) is 4.46. The monoisotopic (exact) mass is 226 g/mol. The first kappa shape index (κ1) is 11.7. The number of ether oxygens (including phenoxy) is 1. The number of rotatable bonds is 4. The Labute approximate surface area is 93.1 Å². The van der Waals surface area contributed by atoms with E-state index in [-0.39, 0.29) is 11.1 Å². The van der Waals surface area contributed by atoms with Crippen molar-refractivity contribution in [2.75, 3.05) is 7.11 Å². The molecule has 0 bridgehead atoms. The molecule has 3 N–H and O–H groups in total. The van der Waals surface area contributed by atoms with Crippen molar-refractivity contribution < 1.29 is 9.94 Å². The van der Waals surface area contributed by atoms with Crippen LogP contribution < -0.4 is 10.5 Å². The van der Waals surface area contributed by atoms with E-state index >= 15 is 0 Å². The normalized spacial score (nSPS) is 13.6. The van der Waals surface area contributed by atoms with Gasteiger partial charge in [-0.05, 0) is 19.1 Å². The van der Waals surface area contributed by atoms with Crippen molar-refractivity contribution in [1.82, 2.24) is 0 Å². The molecule has 0 aliphatic rings. The highest BCUT2D eigenvalue weighted by Crippen LogP contribution is 2.31. The topological polar surface area (TPSA) is 67.8 Å². The zero-order valence-electron chi connectivity index (χ0n) is 8.68. The number of amidine groups is 1. The van der Waals surface area contributed by atoms with Gasteiger partial charge in [0.1, 0.15) is 5.75 Å². The lowest BCUT2D eigenvalue weighted by atomic mass is 10.3. The molecule has 0 heterocycles. The molecule has 1 aromatic rings. The van der Waals surface area contributed by atoms with Gasteiger partial charge in [0.2, 0.25) is 0 Å². The molecule has 82 valence electrons. The summed E-state index contributed by atoms with van der Waals surface area (Å²) in [6, 6.07) is 7.63. The van der Waals surface area contributed by atoms with Gasteiger partial charge in [-0.2, -0.15) is 0 Å². The second kappa shape index (κ2) is 5.50. The van der Waals surface area contributed by atoms with Gasteiger partial charge in [0, 0.05) is 0 Å². The average Bonchev–Trinajstić information content (AvgIpc) is 2.28. The Bertz CT molecular complexity index is 355. The number of nitrogens with two attached hydrogens (primary N) is 1. The number of hydrogen-bond acceptors (Lipinski definition) is 4. The fourth-order valence-electron chi connectivity index (χ4n) is 1.05. The molecule has 0 spiro atoms. The number of oxime groups is 1. The second-order valence-corrected chi connectivity index (χ2v) is 4.32. The maximum Gasteiger partial charge on any atom is 0.152 e. The third-order valence-electron chi connectivity index (χ3n) is 1.90. The highest BCUT2D eigenvalue weighted by molar-refractivity contribution is 8.00. The fourth-order valence-corrected chi connectivity index (χ4v) is 2.02. The van der Waals surface area contributed by atoms with E-state index in [0.29, 0.717) is 0 Å². The molecule has 0 amide bonds. The lowest BCUT2D eigenvalue weighted by molar-refractivity contribution is 0.317. The van der Waals surface area contributed by atoms with Gasteiger partial charge in [0.05, 0.1) is 17.3 Å². The SMILES string of the molecule is COc1ccccc1SC(C)C(N)=NO. The van der Waals surface area contributed by atoms with Crippen LogP contribution in [0.15, 0.2) is 34.3 Å². The molecule has 4 nitrogen and oxygen atoms in total. The highest BCUT2D eigenvalue weighted by atomic mass is 32.2. The average molecular weight is 226 g/mol. The Morgan fingerprint density at radius 3 is 2.80 bits per heavy atom. The Morgan fingerprint density at radius 2 is 2.20 bits per heavy atom. The predicted molar refractivity (Wildman–Crippen MR) is 61.7 cm³/mol. The Balaban J connectivity index is 2.80. The van der Waals surface area contributed by atoms with E-state index in [1.165, 1.54) is 11.8 Å². The summed E-state index contributed by atoms with van der Waals surface area (Å²) in [5.41, 5.74) is 5.49. The minimum Gasteiger partial charge on any atom is -0.496 e. The standard InChI is InChI=1S/C10H14N2O2S/c1-7(10(11)12-13)15-9-6-4-3-5-8(9)14-2/h3-7,13H,1-2H3,(H2,11,12). The van der Waals surface area contributed by atoms with Crippen molar-refractivity contribution in [2.45, 2.75) is 17.1 Å². The van der Waals surface area contributed by atoms with Gasteiger partial charge in [0.25, 0.3) is 0 Å². The van der Waals surface area contributed by atoms with Crippen LogP contribution in [0.3, 0.4) is 0 Å². The minimum absolute atomic E-state index is 0.0914. The molecule has 0 aromatic heterocycles. The summed E-state index contributed by atoms with van der Waals surface area (Å²) in [4.78, 5) is 0.971. The van der Waals surface area contributed by atoms with E-state index in [1.807, 2.05) is 31.2 Å². The summed E-state index contributed by atoms with van der Waals surface area (Å²) in [7, 11) is 1.62. The van der Waals surface area contributed by atoms with E-state index in [1.54, 1.807) is 7.11 Å². The van der Waals surface area contributed by atoms with Crippen molar-refractivity contribution in [3.8, 4) is 5.75 Å². The summed E-state index contributed by atoms with van der Waals surface area (Å²) < 4.78 is 5.20. The van der Waals surface area contributed by atoms with Crippen molar-refractivity contribution in [1.29, 1.82) is 0 Å². The summed E-state index contributed by atoms with van der Waals surface area (Å²) in [6.45, 7) is 1.87. The van der Waals surface area contributed by atoms with Gasteiger partial charge < -0.3 is 15.7 Å². The van der Waals surface area contributed by atoms with Crippen LogP contribution in [0, 0.1) is 0 Å². The van der Waals surface area contributed by atoms with E-state index < -0.39 is 0 Å². The smallest absolute Gasteiger partial charge is 0.152 e. The molecule has 0 radical (unpaired) electrons. The van der Waals surface area contributed by atoms with Gasteiger partial charge in [0.15, 0.2) is 5.84 Å². The third-order valence-corrected chi connectivity index (χ3v) is 3.09. The van der Waals surface area contributed by atoms with Crippen LogP contribution in [0.4, 0.5) is 0 Å². The molecule has 0 saturated carbocycles. The van der Waals surface area contributed by atoms with Crippen LogP contribution in [0.5, 0.6) is 5.75 Å². The molecular formula is C10H14N2O2S. The summed E-state index contributed by atoms with van der Waals surface area (Å²) in [6.07, 6.45) is 0. The van der Waals surface area contributed by atoms with Gasteiger partial charge in [-0.25, -0.2) is 0 Å². The Morgan fingerprint density at radius 1 is 1.53 bits per heavy atom. The molecule has 15 heavy (non-hydrogen) atoms. The van der Waals surface area contributed by atoms with Crippen LogP contribution in [-0.4, -0.2) is 23.4 Å². The molecule has 1 unspecified atom stereocenters. The lowest BCUT2D eigenvalue weighted by Crippen LogP contribution is -2.23. The van der Waals surface area contributed by atoms with Crippen LogP contribution in [0.1, 0.15) is 6.92 Å². The zero-order valence-corrected chi connectivity index (χ0v) is 9.49. The van der Waals surface area contributed by atoms with Crippen molar-refractivity contribution in [3.05, 3.63) is 24.3 Å². The van der Waals surface area contributed by atoms with E-state index in [2.05, 4.69) is 5.16 Å². The number of methoxy groups -OCH3 is 1. The molecule has 0 fully saturated rings. The quantitative estimate of drug-likeness (QED) is 0.270. The second-order valence-electron chi connectivity index (χ2n) is 2.94. The number of benzene rings is 1. The Kier molecular flexibility index (Phi) is 4.30. The first-order valence-corrected chi connectivity index (χ1v) is 5.34. The molecule has 0 saturated heterocycles. The van der Waals surface area contributed by atoms with Gasteiger partial charge in [-0.15, -0.1) is 11.8 Å². The summed E-state index contributed by atoms with van der Waals surface area (Å²) in [5.74, 6) is 0.992. The van der Waals surface area contributed by atoms with E-state index in [0.717, 1.165) is 10.6 Å².